The van der Waals surface area contributed by atoms with Crippen LogP contribution < -0.4 is 0 Å². The van der Waals surface area contributed by atoms with Crippen molar-refractivity contribution in [1.29, 1.82) is 0 Å². The third-order valence-electron chi connectivity index (χ3n) is 2.07. The van der Waals surface area contributed by atoms with E-state index in [9.17, 15) is 13.2 Å². The van der Waals surface area contributed by atoms with Crippen molar-refractivity contribution < 1.29 is 22.0 Å². The van der Waals surface area contributed by atoms with E-state index in [2.05, 4.69) is 0 Å². The summed E-state index contributed by atoms with van der Waals surface area (Å²) in [5.41, 5.74) is 0. The van der Waals surface area contributed by atoms with E-state index in [0.717, 1.165) is 0 Å². The lowest BCUT2D eigenvalue weighted by atomic mass is 10.5. The van der Waals surface area contributed by atoms with E-state index in [1.54, 1.807) is 6.92 Å². The second kappa shape index (κ2) is 5.61. The fourth-order valence-electron chi connectivity index (χ4n) is 1.15. The van der Waals surface area contributed by atoms with Gasteiger partial charge in [0.25, 0.3) is 0 Å². The Bertz CT molecular complexity index is 135. The Balaban J connectivity index is 4.52. The molecule has 0 saturated carbocycles. The Morgan fingerprint density at radius 3 is 1.92 bits per heavy atom. The summed E-state index contributed by atoms with van der Waals surface area (Å²) in [6.07, 6.45) is -2.15. The molecule has 0 saturated heterocycles. The summed E-state index contributed by atoms with van der Waals surface area (Å²) in [4.78, 5) is 0. The van der Waals surface area contributed by atoms with Crippen molar-refractivity contribution in [3.63, 3.8) is 0 Å². The van der Waals surface area contributed by atoms with E-state index in [4.69, 9.17) is 8.85 Å². The maximum absolute atomic E-state index is 13.3. The van der Waals surface area contributed by atoms with Crippen molar-refractivity contribution in [2.75, 3.05) is 20.9 Å². The second-order valence-corrected chi connectivity index (χ2v) is 6.34. The van der Waals surface area contributed by atoms with E-state index < -0.39 is 27.2 Å². The van der Waals surface area contributed by atoms with Crippen LogP contribution in [0.1, 0.15) is 6.92 Å². The summed E-state index contributed by atoms with van der Waals surface area (Å²) in [7, 11) is -0.665. The van der Waals surface area contributed by atoms with Crippen LogP contribution in [0.5, 0.6) is 0 Å². The Morgan fingerprint density at radius 1 is 1.23 bits per heavy atom. The van der Waals surface area contributed by atoms with Gasteiger partial charge in [0.05, 0.1) is 0 Å². The fraction of sp³-hybridized carbons (Fsp3) is 1.00. The molecule has 0 rings (SSSR count). The van der Waals surface area contributed by atoms with Gasteiger partial charge in [-0.2, -0.15) is 0 Å². The van der Waals surface area contributed by atoms with Gasteiger partial charge in [0, 0.05) is 14.2 Å². The average Bonchev–Trinajstić information content (AvgIpc) is 2.20. The topological polar surface area (TPSA) is 18.5 Å². The van der Waals surface area contributed by atoms with Crippen molar-refractivity contribution in [2.45, 2.75) is 24.9 Å². The Hall–Kier alpha value is -0.0731. The first kappa shape index (κ1) is 12.9. The highest BCUT2D eigenvalue weighted by molar-refractivity contribution is 6.68. The van der Waals surface area contributed by atoms with Gasteiger partial charge in [0.15, 0.2) is 12.0 Å². The quantitative estimate of drug-likeness (QED) is 0.632. The van der Waals surface area contributed by atoms with Gasteiger partial charge in [-0.1, -0.05) is 6.92 Å². The van der Waals surface area contributed by atoms with Crippen LogP contribution in [0.25, 0.3) is 0 Å². The summed E-state index contributed by atoms with van der Waals surface area (Å²) >= 11 is 0. The molecule has 0 aromatic carbocycles. The van der Waals surface area contributed by atoms with E-state index in [1.165, 1.54) is 14.2 Å². The van der Waals surface area contributed by atoms with Crippen molar-refractivity contribution in [1.82, 2.24) is 0 Å². The third-order valence-corrected chi connectivity index (χ3v) is 5.64. The molecule has 0 amide bonds. The van der Waals surface area contributed by atoms with Crippen LogP contribution >= 0.6 is 0 Å². The number of rotatable bonds is 6. The number of alkyl halides is 3. The molecule has 0 aliphatic heterocycles. The summed E-state index contributed by atoms with van der Waals surface area (Å²) in [6.45, 7) is 0.291. The van der Waals surface area contributed by atoms with Crippen molar-refractivity contribution in [3.05, 3.63) is 0 Å². The van der Waals surface area contributed by atoms with Crippen molar-refractivity contribution in [3.8, 4) is 0 Å². The van der Waals surface area contributed by atoms with E-state index in [-0.39, 0.29) is 6.04 Å². The predicted octanol–water partition coefficient (Wildman–Crippen LogP) is 1.93. The van der Waals surface area contributed by atoms with E-state index in [1.807, 2.05) is 0 Å². The van der Waals surface area contributed by atoms with Crippen molar-refractivity contribution >= 4 is 8.56 Å². The molecule has 0 aliphatic rings. The standard InChI is InChI=1S/C7H15F3O2Si/c1-4-13(11-2,12-3)7(10)6(9)5-8/h6-7H,4-5H2,1-3H3. The minimum absolute atomic E-state index is 0.252. The third kappa shape index (κ3) is 2.68. The summed E-state index contributed by atoms with van der Waals surface area (Å²) in [5.74, 6) is -1.97. The molecule has 0 aromatic heterocycles. The summed E-state index contributed by atoms with van der Waals surface area (Å²) < 4.78 is 47.6. The minimum Gasteiger partial charge on any atom is -0.396 e. The molecule has 2 atom stereocenters. The van der Waals surface area contributed by atoms with E-state index >= 15 is 0 Å². The molecule has 2 nitrogen and oxygen atoms in total. The predicted molar refractivity (Wildman–Crippen MR) is 46.0 cm³/mol. The zero-order valence-electron chi connectivity index (χ0n) is 8.02. The highest BCUT2D eigenvalue weighted by Gasteiger charge is 2.48. The number of hydrogen-bond acceptors (Lipinski definition) is 2. The van der Waals surface area contributed by atoms with Crippen LogP contribution in [0.3, 0.4) is 0 Å². The molecule has 0 bridgehead atoms. The van der Waals surface area contributed by atoms with E-state index in [0.29, 0.717) is 0 Å². The van der Waals surface area contributed by atoms with Crippen LogP contribution in [-0.4, -0.2) is 41.4 Å². The van der Waals surface area contributed by atoms with Crippen LogP contribution in [0.2, 0.25) is 6.04 Å². The second-order valence-electron chi connectivity index (χ2n) is 2.65. The average molecular weight is 216 g/mol. The number of hydrogen-bond donors (Lipinski definition) is 0. The SMILES string of the molecule is CC[Si](OC)(OC)C(F)C(F)CF. The molecule has 0 spiro atoms. The highest BCUT2D eigenvalue weighted by Crippen LogP contribution is 2.23. The lowest BCUT2D eigenvalue weighted by Gasteiger charge is -2.30. The molecule has 13 heavy (non-hydrogen) atoms. The highest BCUT2D eigenvalue weighted by atomic mass is 28.4. The molecule has 80 valence electrons. The normalized spacial score (nSPS) is 17.1. The molecule has 0 aromatic rings. The summed E-state index contributed by atoms with van der Waals surface area (Å²) in [5, 5.41) is 0. The Labute approximate surface area is 77.3 Å². The first-order chi connectivity index (χ1) is 6.07. The molecule has 0 N–H and O–H groups in total. The fourth-order valence-corrected chi connectivity index (χ4v) is 3.37. The maximum Gasteiger partial charge on any atom is 0.375 e. The van der Waals surface area contributed by atoms with Crippen LogP contribution in [0.15, 0.2) is 0 Å². The minimum atomic E-state index is -3.19. The molecule has 0 radical (unpaired) electrons. The molecule has 2 unspecified atom stereocenters. The zero-order valence-corrected chi connectivity index (χ0v) is 9.02. The van der Waals surface area contributed by atoms with Gasteiger partial charge in [-0.15, -0.1) is 0 Å². The van der Waals surface area contributed by atoms with Gasteiger partial charge in [-0.3, -0.25) is 0 Å². The maximum atomic E-state index is 13.3. The molecular formula is C7H15F3O2Si. The van der Waals surface area contributed by atoms with Gasteiger partial charge < -0.3 is 8.85 Å². The lowest BCUT2D eigenvalue weighted by molar-refractivity contribution is 0.122. The smallest absolute Gasteiger partial charge is 0.375 e. The molecule has 0 fully saturated rings. The molecule has 0 aliphatic carbocycles. The van der Waals surface area contributed by atoms with Gasteiger partial charge in [0.1, 0.15) is 6.67 Å². The Kier molecular flexibility index (Phi) is 5.58. The van der Waals surface area contributed by atoms with Gasteiger partial charge in [0.2, 0.25) is 0 Å². The van der Waals surface area contributed by atoms with Crippen LogP contribution in [0.4, 0.5) is 13.2 Å². The summed E-state index contributed by atoms with van der Waals surface area (Å²) in [6, 6.07) is 0.252. The van der Waals surface area contributed by atoms with Crippen LogP contribution in [-0.2, 0) is 8.85 Å². The zero-order chi connectivity index (χ0) is 10.5. The van der Waals surface area contributed by atoms with Gasteiger partial charge in [-0.05, 0) is 6.04 Å². The molecular weight excluding hydrogens is 201 g/mol. The lowest BCUT2D eigenvalue weighted by Crippen LogP contribution is -2.54. The first-order valence-corrected chi connectivity index (χ1v) is 6.12. The van der Waals surface area contributed by atoms with Gasteiger partial charge >= 0.3 is 8.56 Å². The monoisotopic (exact) mass is 216 g/mol. The molecule has 0 heterocycles. The largest absolute Gasteiger partial charge is 0.396 e. The molecule has 6 heteroatoms. The first-order valence-electron chi connectivity index (χ1n) is 4.02. The van der Waals surface area contributed by atoms with Gasteiger partial charge in [-0.25, -0.2) is 13.2 Å². The number of halogens is 3. The Morgan fingerprint density at radius 2 is 1.69 bits per heavy atom. The van der Waals surface area contributed by atoms with Crippen molar-refractivity contribution in [2.24, 2.45) is 0 Å². The van der Waals surface area contributed by atoms with Crippen LogP contribution in [0, 0.1) is 0 Å².